The van der Waals surface area contributed by atoms with Gasteiger partial charge in [-0.25, -0.2) is 9.97 Å². The summed E-state index contributed by atoms with van der Waals surface area (Å²) in [6.07, 6.45) is 20.5. The molecule has 4 aliphatic carbocycles. The number of hydrogen-bond donors (Lipinski definition) is 0. The lowest BCUT2D eigenvalue weighted by molar-refractivity contribution is 0.00578. The first-order valence-electron chi connectivity index (χ1n) is 35.6. The van der Waals surface area contributed by atoms with Crippen molar-refractivity contribution in [2.24, 2.45) is 23.7 Å². The lowest BCUT2D eigenvalue weighted by Crippen LogP contribution is -2.41. The second-order valence-electron chi connectivity index (χ2n) is 34.1. The fourth-order valence-electron chi connectivity index (χ4n) is 13.5. The fourth-order valence-corrected chi connectivity index (χ4v) is 17.0. The Kier molecular flexibility index (Phi) is 27.0. The van der Waals surface area contributed by atoms with Crippen molar-refractivity contribution in [3.63, 3.8) is 0 Å². The Morgan fingerprint density at radius 2 is 0.907 bits per heavy atom. The van der Waals surface area contributed by atoms with Crippen LogP contribution in [-0.2, 0) is 28.3 Å². The van der Waals surface area contributed by atoms with Gasteiger partial charge in [-0.2, -0.15) is 19.2 Å². The first kappa shape index (κ1) is 78.6. The molecule has 2 unspecified atom stereocenters. The second kappa shape index (κ2) is 33.3. The van der Waals surface area contributed by atoms with Crippen molar-refractivity contribution in [2.45, 2.75) is 239 Å². The molecule has 97 heavy (non-hydrogen) atoms. The molecule has 1 saturated heterocycles. The standard InChI is InChI=1S/C33H51N5O3Si2.C26H45IN4O2Si2.C13H18BNO3.CH4/c1-24(39)30-11-10-27(20-34-30)29-21-35-38-32(19-31(36-33(29)38)28-17-25-8-9-26(16-25)18-28)37(22-40-12-14-42(2,3)4)23-41-13-15-43(5,6)7;1-34(2,3)11-9-32-18-30(19-33-10-12-35(4,5)6)25-16-24(29-26-23(27)17-28-31(25)26)22-14-20-7-8-21(13-20)15-22;1-9(16)11-7-6-10(8-15-11)14-17-12(2,3)13(4,5)18-14;/h10-11,19-21,25-26,28H,8-9,12-18,22-23H2,1-7H3;16-17,20-22H,7-15,18-19H2,1-6H3;6-8H,1-5H3;1H4/t25-,26+,28?;20-,21+,22?;;. The maximum Gasteiger partial charge on any atom is 0.496 e. The Labute approximate surface area is 599 Å². The number of pyridine rings is 2. The van der Waals surface area contributed by atoms with E-state index in [0.29, 0.717) is 50.1 Å². The molecule has 0 radical (unpaired) electrons. The molecule has 18 nitrogen and oxygen atoms in total. The molecule has 24 heteroatoms. The van der Waals surface area contributed by atoms with Gasteiger partial charge in [-0.05, 0) is 149 Å². The van der Waals surface area contributed by atoms with Gasteiger partial charge in [-0.3, -0.25) is 19.6 Å². The minimum absolute atomic E-state index is 0. The molecule has 534 valence electrons. The van der Waals surface area contributed by atoms with Gasteiger partial charge in [0, 0.05) is 137 Å². The number of ketones is 2. The molecular weight excluding hydrogens is 1390 g/mol. The normalized spacial score (nSPS) is 21.2. The number of aromatic nitrogens is 8. The van der Waals surface area contributed by atoms with E-state index in [4.69, 9.17) is 48.4 Å². The number of nitrogens with zero attached hydrogens (tertiary/aromatic N) is 10. The van der Waals surface area contributed by atoms with Gasteiger partial charge in [0.2, 0.25) is 0 Å². The van der Waals surface area contributed by atoms with E-state index in [2.05, 4.69) is 133 Å². The van der Waals surface area contributed by atoms with Crippen molar-refractivity contribution in [1.82, 2.24) is 39.2 Å². The first-order chi connectivity index (χ1) is 45.1. The van der Waals surface area contributed by atoms with Crippen LogP contribution in [0.15, 0.2) is 61.2 Å². The Morgan fingerprint density at radius 3 is 1.27 bits per heavy atom. The minimum Gasteiger partial charge on any atom is -0.399 e. The van der Waals surface area contributed by atoms with E-state index in [1.165, 1.54) is 88.9 Å². The minimum atomic E-state index is -1.21. The summed E-state index contributed by atoms with van der Waals surface area (Å²) < 4.78 is 41.9. The summed E-state index contributed by atoms with van der Waals surface area (Å²) in [6, 6.07) is 16.4. The molecule has 4 bridgehead atoms. The summed E-state index contributed by atoms with van der Waals surface area (Å²) in [4.78, 5) is 46.4. The quantitative estimate of drug-likeness (QED) is 0.0149. The summed E-state index contributed by atoms with van der Waals surface area (Å²) in [5.41, 5.74) is 7.00. The average molecular weight is 1510 g/mol. The molecule has 4 saturated carbocycles. The van der Waals surface area contributed by atoms with Crippen LogP contribution in [0.2, 0.25) is 103 Å². The number of anilines is 2. The van der Waals surface area contributed by atoms with E-state index in [0.717, 1.165) is 111 Å². The van der Waals surface area contributed by atoms with Crippen LogP contribution in [0.3, 0.4) is 0 Å². The molecule has 0 N–H and O–H groups in total. The summed E-state index contributed by atoms with van der Waals surface area (Å²) in [5.74, 6) is 6.30. The van der Waals surface area contributed by atoms with Gasteiger partial charge in [0.15, 0.2) is 22.9 Å². The number of carbonyl (C=O) groups is 2. The third kappa shape index (κ3) is 22.2. The Balaban J connectivity index is 0.000000199. The molecule has 7 heterocycles. The predicted octanol–water partition coefficient (Wildman–Crippen LogP) is 17.0. The topological polar surface area (TPSA) is 182 Å². The molecule has 6 aromatic heterocycles. The highest BCUT2D eigenvalue weighted by Crippen LogP contribution is 2.50. The van der Waals surface area contributed by atoms with Gasteiger partial charge >= 0.3 is 7.12 Å². The van der Waals surface area contributed by atoms with E-state index < -0.39 is 39.4 Å². The van der Waals surface area contributed by atoms with Crippen LogP contribution in [0.4, 0.5) is 11.6 Å². The highest BCUT2D eigenvalue weighted by molar-refractivity contribution is 14.1. The third-order valence-electron chi connectivity index (χ3n) is 20.2. The first-order valence-corrected chi connectivity index (χ1v) is 51.5. The molecule has 1 aliphatic heterocycles. The molecule has 0 amide bonds. The number of hydrogen-bond acceptors (Lipinski definition) is 16. The molecule has 5 aliphatic rings. The smallest absolute Gasteiger partial charge is 0.399 e. The van der Waals surface area contributed by atoms with Crippen molar-refractivity contribution in [3.8, 4) is 11.1 Å². The number of halogens is 1. The summed E-state index contributed by atoms with van der Waals surface area (Å²) in [6.45, 7) is 44.7. The van der Waals surface area contributed by atoms with E-state index in [9.17, 15) is 9.59 Å². The third-order valence-corrected chi connectivity index (χ3v) is 27.8. The largest absolute Gasteiger partial charge is 0.496 e. The predicted molar refractivity (Wildman–Crippen MR) is 415 cm³/mol. The van der Waals surface area contributed by atoms with Crippen molar-refractivity contribution >= 4 is 102 Å². The van der Waals surface area contributed by atoms with Gasteiger partial charge in [0.25, 0.3) is 0 Å². The molecule has 5 fully saturated rings. The van der Waals surface area contributed by atoms with E-state index in [1.54, 1.807) is 31.5 Å². The number of ether oxygens (including phenoxy) is 4. The molecule has 0 aromatic carbocycles. The van der Waals surface area contributed by atoms with Gasteiger partial charge in [0.05, 0.1) is 27.2 Å². The second-order valence-corrected chi connectivity index (χ2v) is 57.8. The zero-order valence-electron chi connectivity index (χ0n) is 61.5. The van der Waals surface area contributed by atoms with Crippen molar-refractivity contribution < 1.29 is 37.8 Å². The highest BCUT2D eigenvalue weighted by atomic mass is 127. The van der Waals surface area contributed by atoms with Crippen molar-refractivity contribution in [2.75, 3.05) is 63.2 Å². The Hall–Kier alpha value is -4.10. The molecule has 6 atom stereocenters. The highest BCUT2D eigenvalue weighted by Gasteiger charge is 2.52. The van der Waals surface area contributed by atoms with E-state index >= 15 is 0 Å². The molecule has 0 spiro atoms. The van der Waals surface area contributed by atoms with Crippen LogP contribution >= 0.6 is 22.6 Å². The zero-order chi connectivity index (χ0) is 69.5. The maximum absolute atomic E-state index is 11.9. The van der Waals surface area contributed by atoms with E-state index in [-0.39, 0.29) is 30.2 Å². The lowest BCUT2D eigenvalue weighted by Gasteiger charge is -2.32. The lowest BCUT2D eigenvalue weighted by atomic mass is 9.79. The number of rotatable bonds is 28. The van der Waals surface area contributed by atoms with Crippen LogP contribution in [0.5, 0.6) is 0 Å². The summed E-state index contributed by atoms with van der Waals surface area (Å²) in [5, 5.41) is 9.57. The number of fused-ring (bicyclic) bond motifs is 6. The van der Waals surface area contributed by atoms with Crippen LogP contribution in [-0.4, -0.2) is 155 Å². The Morgan fingerprint density at radius 1 is 0.536 bits per heavy atom. The molecule has 11 rings (SSSR count). The van der Waals surface area contributed by atoms with Gasteiger partial charge in [0.1, 0.15) is 49.9 Å². The van der Waals surface area contributed by atoms with Crippen LogP contribution in [0, 0.1) is 27.2 Å². The van der Waals surface area contributed by atoms with Crippen molar-refractivity contribution in [3.05, 3.63) is 87.5 Å². The van der Waals surface area contributed by atoms with Crippen LogP contribution < -0.4 is 15.3 Å². The van der Waals surface area contributed by atoms with Gasteiger partial charge in [-0.15, -0.1) is 0 Å². The van der Waals surface area contributed by atoms with Gasteiger partial charge < -0.3 is 38.1 Å². The average Bonchev–Trinajstić information content (AvgIpc) is 1.70. The monoisotopic (exact) mass is 1510 g/mol. The fraction of sp³-hybridized carbons (Fsp3) is 0.671. The SMILES string of the molecule is C.CC(=O)c1ccc(-c2cnn3c(N(COCC[Si](C)(C)C)COCC[Si](C)(C)C)cc(C4C[C@H]5CC[C@@H](C4)C5)nc23)cn1.CC(=O)c1ccc(B2OC(C)(C)C(C)(C)O2)cn1.C[Si](C)(C)CCOCN(COCC[Si](C)(C)C)c1cc(C2C[C@H]3CC[C@@H](C2)C3)nc2c(I)cnn12. The van der Waals surface area contributed by atoms with E-state index in [1.807, 2.05) is 61.3 Å². The zero-order valence-corrected chi connectivity index (χ0v) is 67.6. The number of carbonyl (C=O) groups excluding carboxylic acids is 2. The summed E-state index contributed by atoms with van der Waals surface area (Å²) >= 11 is 2.37. The number of Topliss-reactive ketones (excluding diaryl/α,β-unsaturated/α-hetero) is 2. The van der Waals surface area contributed by atoms with Crippen LogP contribution in [0.1, 0.15) is 157 Å². The summed E-state index contributed by atoms with van der Waals surface area (Å²) in [7, 11) is -5.13. The molecular formula is C73H118BIN10O8Si4. The molecule has 6 aromatic rings. The van der Waals surface area contributed by atoms with Crippen LogP contribution in [0.25, 0.3) is 22.4 Å². The maximum atomic E-state index is 11.9. The Bertz CT molecular complexity index is 3470. The van der Waals surface area contributed by atoms with Gasteiger partial charge in [-0.1, -0.05) is 124 Å². The van der Waals surface area contributed by atoms with Crippen molar-refractivity contribution in [1.29, 1.82) is 0 Å².